The zero-order chi connectivity index (χ0) is 15.3. The lowest BCUT2D eigenvalue weighted by atomic mass is 9.92. The molecule has 1 atom stereocenters. The number of carbonyl (C=O) groups is 1. The van der Waals surface area contributed by atoms with Gasteiger partial charge in [-0.15, -0.1) is 0 Å². The summed E-state index contributed by atoms with van der Waals surface area (Å²) in [6, 6.07) is 20.4. The van der Waals surface area contributed by atoms with Gasteiger partial charge in [0.25, 0.3) is 0 Å². The molecule has 2 rings (SSSR count). The first-order valence-electron chi connectivity index (χ1n) is 7.01. The van der Waals surface area contributed by atoms with Crippen LogP contribution in [0.15, 0.2) is 60.7 Å². The maximum atomic E-state index is 12.0. The Morgan fingerprint density at radius 2 is 1.48 bits per heavy atom. The summed E-state index contributed by atoms with van der Waals surface area (Å²) >= 11 is 3.46. The van der Waals surface area contributed by atoms with E-state index in [4.69, 9.17) is 0 Å². The molecule has 0 saturated carbocycles. The van der Waals surface area contributed by atoms with Gasteiger partial charge in [0.2, 0.25) is 0 Å². The van der Waals surface area contributed by atoms with Gasteiger partial charge in [-0.25, -0.2) is 0 Å². The average molecular weight is 346 g/mol. The highest BCUT2D eigenvalue weighted by molar-refractivity contribution is 9.09. The molecule has 0 unspecified atom stereocenters. The second-order valence-electron chi connectivity index (χ2n) is 5.42. The summed E-state index contributed by atoms with van der Waals surface area (Å²) in [5.74, 6) is 0.122. The molecule has 0 aliphatic heterocycles. The van der Waals surface area contributed by atoms with Crippen LogP contribution >= 0.6 is 15.9 Å². The van der Waals surface area contributed by atoms with E-state index in [1.807, 2.05) is 43.3 Å². The molecular formula is C18H20BrNO. The van der Waals surface area contributed by atoms with Crippen molar-refractivity contribution in [2.45, 2.75) is 25.4 Å². The standard InChI is InChI=1S/C18H20BrNO/c1-14(21)18(2,13-19)20-17(15-9-5-3-6-10-15)16-11-7-4-8-12-16/h3-12,17,20H,13H2,1-2H3/t18-/m1/s1. The van der Waals surface area contributed by atoms with Gasteiger partial charge in [-0.05, 0) is 25.0 Å². The molecule has 0 spiro atoms. The van der Waals surface area contributed by atoms with E-state index < -0.39 is 5.54 Å². The van der Waals surface area contributed by atoms with Crippen LogP contribution in [0.5, 0.6) is 0 Å². The third kappa shape index (κ3) is 3.80. The summed E-state index contributed by atoms with van der Waals surface area (Å²) in [7, 11) is 0. The van der Waals surface area contributed by atoms with Gasteiger partial charge in [0.1, 0.15) is 5.78 Å². The van der Waals surface area contributed by atoms with Crippen LogP contribution in [-0.2, 0) is 4.79 Å². The van der Waals surface area contributed by atoms with Crippen LogP contribution in [0.2, 0.25) is 0 Å². The topological polar surface area (TPSA) is 29.1 Å². The van der Waals surface area contributed by atoms with Gasteiger partial charge in [0.15, 0.2) is 0 Å². The Morgan fingerprint density at radius 1 is 1.05 bits per heavy atom. The molecule has 0 radical (unpaired) electrons. The monoisotopic (exact) mass is 345 g/mol. The smallest absolute Gasteiger partial charge is 0.150 e. The van der Waals surface area contributed by atoms with Crippen LogP contribution in [0, 0.1) is 0 Å². The summed E-state index contributed by atoms with van der Waals surface area (Å²) in [6.45, 7) is 3.56. The fraction of sp³-hybridized carbons (Fsp3) is 0.278. The van der Waals surface area contributed by atoms with Crippen molar-refractivity contribution in [3.05, 3.63) is 71.8 Å². The number of carbonyl (C=O) groups excluding carboxylic acids is 1. The molecule has 3 heteroatoms. The number of halogens is 1. The van der Waals surface area contributed by atoms with Gasteiger partial charge in [-0.1, -0.05) is 76.6 Å². The van der Waals surface area contributed by atoms with E-state index in [1.165, 1.54) is 0 Å². The predicted molar refractivity (Wildman–Crippen MR) is 90.7 cm³/mol. The van der Waals surface area contributed by atoms with E-state index in [9.17, 15) is 4.79 Å². The van der Waals surface area contributed by atoms with Crippen LogP contribution < -0.4 is 5.32 Å². The SMILES string of the molecule is CC(=O)[C@@](C)(CBr)NC(c1ccccc1)c1ccccc1. The highest BCUT2D eigenvalue weighted by Crippen LogP contribution is 2.25. The maximum Gasteiger partial charge on any atom is 0.150 e. The van der Waals surface area contributed by atoms with E-state index in [-0.39, 0.29) is 11.8 Å². The minimum atomic E-state index is -0.601. The van der Waals surface area contributed by atoms with Crippen LogP contribution in [0.25, 0.3) is 0 Å². The predicted octanol–water partition coefficient (Wildman–Crippen LogP) is 4.11. The fourth-order valence-electron chi connectivity index (χ4n) is 2.20. The van der Waals surface area contributed by atoms with Crippen molar-refractivity contribution in [3.8, 4) is 0 Å². The lowest BCUT2D eigenvalue weighted by Gasteiger charge is -2.32. The van der Waals surface area contributed by atoms with E-state index in [1.54, 1.807) is 6.92 Å². The first kappa shape index (κ1) is 15.9. The van der Waals surface area contributed by atoms with Crippen molar-refractivity contribution in [1.29, 1.82) is 0 Å². The minimum absolute atomic E-state index is 0.0150. The molecule has 0 aliphatic carbocycles. The lowest BCUT2D eigenvalue weighted by molar-refractivity contribution is -0.122. The molecule has 2 nitrogen and oxygen atoms in total. The summed E-state index contributed by atoms with van der Waals surface area (Å²) in [4.78, 5) is 12.0. The van der Waals surface area contributed by atoms with Crippen LogP contribution in [0.4, 0.5) is 0 Å². The van der Waals surface area contributed by atoms with Crippen LogP contribution in [-0.4, -0.2) is 16.7 Å². The summed E-state index contributed by atoms with van der Waals surface area (Å²) in [5.41, 5.74) is 1.70. The molecule has 0 aliphatic rings. The van der Waals surface area contributed by atoms with Gasteiger partial charge in [0, 0.05) is 5.33 Å². The molecule has 2 aromatic carbocycles. The van der Waals surface area contributed by atoms with Crippen molar-refractivity contribution in [3.63, 3.8) is 0 Å². The second-order valence-corrected chi connectivity index (χ2v) is 5.98. The molecule has 2 aromatic rings. The minimum Gasteiger partial charge on any atom is -0.298 e. The molecule has 110 valence electrons. The number of nitrogens with one attached hydrogen (secondary N) is 1. The zero-order valence-corrected chi connectivity index (χ0v) is 13.9. The second kappa shape index (κ2) is 7.01. The largest absolute Gasteiger partial charge is 0.298 e. The number of Topliss-reactive ketones (excluding diaryl/α,β-unsaturated/α-hetero) is 1. The molecule has 0 amide bonds. The van der Waals surface area contributed by atoms with Gasteiger partial charge in [-0.3, -0.25) is 10.1 Å². The van der Waals surface area contributed by atoms with E-state index in [0.717, 1.165) is 11.1 Å². The van der Waals surface area contributed by atoms with E-state index >= 15 is 0 Å². The zero-order valence-electron chi connectivity index (χ0n) is 12.3. The summed E-state index contributed by atoms with van der Waals surface area (Å²) < 4.78 is 0. The third-order valence-electron chi connectivity index (χ3n) is 3.77. The molecule has 0 fully saturated rings. The van der Waals surface area contributed by atoms with Crippen molar-refractivity contribution in [2.24, 2.45) is 0 Å². The molecule has 1 N–H and O–H groups in total. The molecular weight excluding hydrogens is 326 g/mol. The van der Waals surface area contributed by atoms with Gasteiger partial charge >= 0.3 is 0 Å². The average Bonchev–Trinajstić information content (AvgIpc) is 2.54. The number of hydrogen-bond acceptors (Lipinski definition) is 2. The number of rotatable bonds is 6. The molecule has 0 aromatic heterocycles. The lowest BCUT2D eigenvalue weighted by Crippen LogP contribution is -2.51. The van der Waals surface area contributed by atoms with Gasteiger partial charge in [0.05, 0.1) is 11.6 Å². The Labute approximate surface area is 134 Å². The Balaban J connectivity index is 2.40. The molecule has 0 bridgehead atoms. The molecule has 0 saturated heterocycles. The van der Waals surface area contributed by atoms with Crippen molar-refractivity contribution < 1.29 is 4.79 Å². The van der Waals surface area contributed by atoms with Crippen LogP contribution in [0.1, 0.15) is 31.0 Å². The maximum absolute atomic E-state index is 12.0. The highest BCUT2D eigenvalue weighted by Gasteiger charge is 2.32. The van der Waals surface area contributed by atoms with E-state index in [2.05, 4.69) is 45.5 Å². The fourth-order valence-corrected chi connectivity index (χ4v) is 2.76. The third-order valence-corrected chi connectivity index (χ3v) is 4.89. The van der Waals surface area contributed by atoms with Crippen LogP contribution in [0.3, 0.4) is 0 Å². The Morgan fingerprint density at radius 3 is 1.81 bits per heavy atom. The Bertz CT molecular complexity index is 545. The first-order chi connectivity index (χ1) is 10.1. The van der Waals surface area contributed by atoms with Crippen molar-refractivity contribution in [1.82, 2.24) is 5.32 Å². The van der Waals surface area contributed by atoms with E-state index in [0.29, 0.717) is 5.33 Å². The number of ketones is 1. The first-order valence-corrected chi connectivity index (χ1v) is 8.13. The number of alkyl halides is 1. The molecule has 0 heterocycles. The van der Waals surface area contributed by atoms with Gasteiger partial charge in [-0.2, -0.15) is 0 Å². The quantitative estimate of drug-likeness (QED) is 0.798. The Hall–Kier alpha value is -1.45. The summed E-state index contributed by atoms with van der Waals surface area (Å²) in [5, 5.41) is 4.09. The molecule has 21 heavy (non-hydrogen) atoms. The normalized spacial score (nSPS) is 13.9. The number of hydrogen-bond donors (Lipinski definition) is 1. The Kier molecular flexibility index (Phi) is 5.32. The summed E-state index contributed by atoms with van der Waals surface area (Å²) in [6.07, 6.45) is 0. The van der Waals surface area contributed by atoms with Gasteiger partial charge < -0.3 is 0 Å². The van der Waals surface area contributed by atoms with Crippen molar-refractivity contribution >= 4 is 21.7 Å². The number of benzene rings is 2. The highest BCUT2D eigenvalue weighted by atomic mass is 79.9. The van der Waals surface area contributed by atoms with Crippen molar-refractivity contribution in [2.75, 3.05) is 5.33 Å².